The molecular weight excluding hydrogens is 216 g/mol. The van der Waals surface area contributed by atoms with Crippen LogP contribution in [0.2, 0.25) is 5.54 Å². The lowest BCUT2D eigenvalue weighted by Gasteiger charge is -2.40. The maximum Gasteiger partial charge on any atom is 0.325 e. The predicted molar refractivity (Wildman–Crippen MR) is 70.9 cm³/mol. The highest BCUT2D eigenvalue weighted by atomic mass is 28.3. The molecule has 0 aromatic carbocycles. The van der Waals surface area contributed by atoms with Crippen molar-refractivity contribution in [3.63, 3.8) is 0 Å². The van der Waals surface area contributed by atoms with Crippen molar-refractivity contribution in [3.8, 4) is 0 Å². The molecule has 1 aliphatic rings. The third-order valence-electron chi connectivity index (χ3n) is 3.97. The quantitative estimate of drug-likeness (QED) is 0.609. The highest BCUT2D eigenvalue weighted by molar-refractivity contribution is 6.46. The van der Waals surface area contributed by atoms with Crippen LogP contribution in [0.4, 0.5) is 0 Å². The van der Waals surface area contributed by atoms with Crippen molar-refractivity contribution in [2.24, 2.45) is 11.8 Å². The van der Waals surface area contributed by atoms with Crippen LogP contribution >= 0.6 is 0 Å². The van der Waals surface area contributed by atoms with Crippen LogP contribution in [0.3, 0.4) is 0 Å². The summed E-state index contributed by atoms with van der Waals surface area (Å²) in [5.74, 6) is 1.66. The summed E-state index contributed by atoms with van der Waals surface area (Å²) >= 11 is 0. The van der Waals surface area contributed by atoms with E-state index in [4.69, 9.17) is 8.85 Å². The van der Waals surface area contributed by atoms with E-state index >= 15 is 0 Å². The largest absolute Gasteiger partial charge is 0.397 e. The molecule has 0 heterocycles. The summed E-state index contributed by atoms with van der Waals surface area (Å²) in [7, 11) is -1.45. The first-order valence-corrected chi connectivity index (χ1v) is 8.58. The molecule has 0 aliphatic heterocycles. The first-order chi connectivity index (χ1) is 7.74. The molecule has 0 aromatic heterocycles. The maximum absolute atomic E-state index is 5.94. The van der Waals surface area contributed by atoms with Crippen molar-refractivity contribution in [2.75, 3.05) is 13.2 Å². The number of hydrogen-bond acceptors (Lipinski definition) is 2. The molecular formula is C13H28O2Si. The van der Waals surface area contributed by atoms with Gasteiger partial charge in [0.05, 0.1) is 0 Å². The van der Waals surface area contributed by atoms with Gasteiger partial charge in [0.25, 0.3) is 0 Å². The fourth-order valence-corrected chi connectivity index (χ4v) is 5.49. The van der Waals surface area contributed by atoms with E-state index in [1.165, 1.54) is 25.7 Å². The van der Waals surface area contributed by atoms with Gasteiger partial charge in [-0.2, -0.15) is 0 Å². The Morgan fingerprint density at radius 2 is 1.69 bits per heavy atom. The summed E-state index contributed by atoms with van der Waals surface area (Å²) in [4.78, 5) is 0. The lowest BCUT2D eigenvalue weighted by molar-refractivity contribution is 0.154. The average molecular weight is 244 g/mol. The zero-order valence-electron chi connectivity index (χ0n) is 11.4. The van der Waals surface area contributed by atoms with Crippen molar-refractivity contribution in [2.45, 2.75) is 58.9 Å². The van der Waals surface area contributed by atoms with E-state index in [1.807, 2.05) is 0 Å². The second-order valence-corrected chi connectivity index (χ2v) is 7.11. The Bertz CT molecular complexity index is 172. The van der Waals surface area contributed by atoms with Gasteiger partial charge in [0.1, 0.15) is 0 Å². The van der Waals surface area contributed by atoms with Gasteiger partial charge in [-0.05, 0) is 25.7 Å². The normalized spacial score (nSPS) is 20.8. The Morgan fingerprint density at radius 1 is 1.12 bits per heavy atom. The van der Waals surface area contributed by atoms with Crippen LogP contribution in [0.25, 0.3) is 0 Å². The van der Waals surface area contributed by atoms with Crippen molar-refractivity contribution >= 4 is 9.28 Å². The van der Waals surface area contributed by atoms with Crippen LogP contribution < -0.4 is 0 Å². The summed E-state index contributed by atoms with van der Waals surface area (Å²) in [6.45, 7) is 10.5. The highest BCUT2D eigenvalue weighted by Crippen LogP contribution is 2.44. The van der Waals surface area contributed by atoms with Gasteiger partial charge in [-0.1, -0.05) is 39.5 Å². The van der Waals surface area contributed by atoms with Gasteiger partial charge in [0, 0.05) is 18.8 Å². The lowest BCUT2D eigenvalue weighted by Crippen LogP contribution is -2.39. The van der Waals surface area contributed by atoms with Gasteiger partial charge in [-0.15, -0.1) is 0 Å². The lowest BCUT2D eigenvalue weighted by atomic mass is 9.78. The van der Waals surface area contributed by atoms with Gasteiger partial charge < -0.3 is 8.85 Å². The molecule has 0 aromatic rings. The minimum atomic E-state index is -1.45. The molecule has 0 spiro atoms. The van der Waals surface area contributed by atoms with Crippen LogP contribution in [0.15, 0.2) is 0 Å². The zero-order chi connectivity index (χ0) is 12.0. The molecule has 1 aliphatic carbocycles. The van der Waals surface area contributed by atoms with Crippen molar-refractivity contribution < 1.29 is 8.85 Å². The molecule has 2 unspecified atom stereocenters. The van der Waals surface area contributed by atoms with E-state index < -0.39 is 9.28 Å². The SMILES string of the molecule is CCO[SiH](OCC)C(C(C)CC)C1CCC1. The van der Waals surface area contributed by atoms with E-state index in [2.05, 4.69) is 27.7 Å². The Balaban J connectivity index is 2.61. The van der Waals surface area contributed by atoms with Gasteiger partial charge in [-0.3, -0.25) is 0 Å². The zero-order valence-corrected chi connectivity index (χ0v) is 12.5. The smallest absolute Gasteiger partial charge is 0.325 e. The summed E-state index contributed by atoms with van der Waals surface area (Å²) in [6, 6.07) is 0. The van der Waals surface area contributed by atoms with Gasteiger partial charge in [-0.25, -0.2) is 0 Å². The third kappa shape index (κ3) is 3.57. The number of hydrogen-bond donors (Lipinski definition) is 0. The first kappa shape index (κ1) is 14.2. The Hall–Kier alpha value is 0.137. The Kier molecular flexibility index (Phi) is 6.62. The minimum absolute atomic E-state index is 0.735. The molecule has 96 valence electrons. The fraction of sp³-hybridized carbons (Fsp3) is 1.00. The second-order valence-electron chi connectivity index (χ2n) is 4.93. The summed E-state index contributed by atoms with van der Waals surface area (Å²) in [5, 5.41) is 0. The first-order valence-electron chi connectivity index (χ1n) is 6.97. The fourth-order valence-electron chi connectivity index (χ4n) is 2.65. The molecule has 2 atom stereocenters. The van der Waals surface area contributed by atoms with E-state index in [0.717, 1.165) is 30.6 Å². The van der Waals surface area contributed by atoms with Gasteiger partial charge >= 0.3 is 9.28 Å². The third-order valence-corrected chi connectivity index (χ3v) is 7.12. The molecule has 0 amide bonds. The summed E-state index contributed by atoms with van der Waals surface area (Å²) in [5.41, 5.74) is 0.735. The Morgan fingerprint density at radius 3 is 2.00 bits per heavy atom. The highest BCUT2D eigenvalue weighted by Gasteiger charge is 2.39. The number of rotatable bonds is 8. The van der Waals surface area contributed by atoms with Crippen LogP contribution in [0.5, 0.6) is 0 Å². The molecule has 0 radical (unpaired) electrons. The maximum atomic E-state index is 5.94. The van der Waals surface area contributed by atoms with Crippen LogP contribution in [-0.4, -0.2) is 22.5 Å². The van der Waals surface area contributed by atoms with E-state index in [0.29, 0.717) is 0 Å². The average Bonchev–Trinajstić information content (AvgIpc) is 2.22. The van der Waals surface area contributed by atoms with Crippen molar-refractivity contribution in [1.82, 2.24) is 0 Å². The molecule has 0 N–H and O–H groups in total. The second kappa shape index (κ2) is 7.46. The standard InChI is InChI=1S/C13H28O2Si/c1-5-11(4)13(12-9-8-10-12)16(14-6-2)15-7-3/h11-13,16H,5-10H2,1-4H3. The molecule has 3 heteroatoms. The van der Waals surface area contributed by atoms with Gasteiger partial charge in [0.2, 0.25) is 0 Å². The van der Waals surface area contributed by atoms with Crippen LogP contribution in [0, 0.1) is 11.8 Å². The monoisotopic (exact) mass is 244 g/mol. The van der Waals surface area contributed by atoms with Gasteiger partial charge in [0.15, 0.2) is 0 Å². The molecule has 16 heavy (non-hydrogen) atoms. The van der Waals surface area contributed by atoms with Crippen molar-refractivity contribution in [3.05, 3.63) is 0 Å². The van der Waals surface area contributed by atoms with Crippen LogP contribution in [-0.2, 0) is 8.85 Å². The topological polar surface area (TPSA) is 18.5 Å². The molecule has 0 saturated heterocycles. The van der Waals surface area contributed by atoms with Crippen molar-refractivity contribution in [1.29, 1.82) is 0 Å². The molecule has 1 saturated carbocycles. The van der Waals surface area contributed by atoms with E-state index in [1.54, 1.807) is 0 Å². The minimum Gasteiger partial charge on any atom is -0.397 e. The van der Waals surface area contributed by atoms with Crippen LogP contribution in [0.1, 0.15) is 53.4 Å². The molecule has 1 rings (SSSR count). The molecule has 2 nitrogen and oxygen atoms in total. The summed E-state index contributed by atoms with van der Waals surface area (Å²) in [6.07, 6.45) is 5.47. The molecule has 1 fully saturated rings. The summed E-state index contributed by atoms with van der Waals surface area (Å²) < 4.78 is 11.9. The molecule has 0 bridgehead atoms. The predicted octanol–water partition coefficient (Wildman–Crippen LogP) is 3.50. The van der Waals surface area contributed by atoms with E-state index in [9.17, 15) is 0 Å². The van der Waals surface area contributed by atoms with E-state index in [-0.39, 0.29) is 0 Å². The Labute approximate surface area is 103 Å².